The summed E-state index contributed by atoms with van der Waals surface area (Å²) in [5.74, 6) is -2.52. The highest BCUT2D eigenvalue weighted by atomic mass is 35.5. The maximum absolute atomic E-state index is 14.8. The van der Waals surface area contributed by atoms with Gasteiger partial charge in [-0.05, 0) is 42.3 Å². The van der Waals surface area contributed by atoms with Crippen LogP contribution in [0, 0.1) is 12.7 Å². The van der Waals surface area contributed by atoms with Crippen LogP contribution in [0.2, 0.25) is 10.0 Å². The van der Waals surface area contributed by atoms with Gasteiger partial charge in [-0.1, -0.05) is 30.1 Å². The van der Waals surface area contributed by atoms with Crippen molar-refractivity contribution in [1.82, 2.24) is 14.9 Å². The number of sulfonamides is 1. The summed E-state index contributed by atoms with van der Waals surface area (Å²) in [6.45, 7) is 3.97. The molecule has 1 aromatic heterocycles. The first kappa shape index (κ1) is 24.5. The Balaban J connectivity index is 1.82. The minimum Gasteiger partial charge on any atom is -0.488 e. The number of hydrogen-bond acceptors (Lipinski definition) is 7. The lowest BCUT2D eigenvalue weighted by Gasteiger charge is -2.30. The first-order valence-corrected chi connectivity index (χ1v) is 12.4. The van der Waals surface area contributed by atoms with Crippen LogP contribution in [0.15, 0.2) is 38.4 Å². The van der Waals surface area contributed by atoms with Gasteiger partial charge in [-0.3, -0.25) is 0 Å². The smallest absolute Gasteiger partial charge is 0.434 e. The number of H-pyrrole nitrogens is 1. The molecule has 2 atom stereocenters. The molecule has 0 radical (unpaired) electrons. The van der Waals surface area contributed by atoms with Crippen molar-refractivity contribution in [2.24, 2.45) is 0 Å². The van der Waals surface area contributed by atoms with E-state index >= 15 is 0 Å². The molecule has 9 nitrogen and oxygen atoms in total. The third-order valence-corrected chi connectivity index (χ3v) is 7.92. The highest BCUT2D eigenvalue weighted by molar-refractivity contribution is 7.89. The van der Waals surface area contributed by atoms with Gasteiger partial charge in [-0.15, -0.1) is 5.10 Å². The Morgan fingerprint density at radius 1 is 1.24 bits per heavy atom. The lowest BCUT2D eigenvalue weighted by atomic mass is 9.90. The summed E-state index contributed by atoms with van der Waals surface area (Å²) >= 11 is 12.5. The molecule has 1 aliphatic heterocycles. The molecule has 0 saturated heterocycles. The Labute approximate surface area is 204 Å². The van der Waals surface area contributed by atoms with Crippen molar-refractivity contribution in [1.29, 1.82) is 0 Å². The number of fused-ring (bicyclic) bond motifs is 1. The number of hydrogen-bond donors (Lipinski definition) is 2. The minimum absolute atomic E-state index is 0.0914. The maximum Gasteiger partial charge on any atom is 0.434 e. The number of halogens is 3. The predicted molar refractivity (Wildman–Crippen MR) is 125 cm³/mol. The number of rotatable bonds is 6. The fourth-order valence-electron chi connectivity index (χ4n) is 4.00. The van der Waals surface area contributed by atoms with Crippen LogP contribution in [0.5, 0.6) is 5.75 Å². The van der Waals surface area contributed by atoms with Gasteiger partial charge >= 0.3 is 5.76 Å². The molecule has 1 aliphatic rings. The summed E-state index contributed by atoms with van der Waals surface area (Å²) in [6.07, 6.45) is 0. The van der Waals surface area contributed by atoms with E-state index in [1.807, 2.05) is 0 Å². The van der Waals surface area contributed by atoms with Gasteiger partial charge in [0.05, 0.1) is 17.3 Å². The fraction of sp³-hybridized carbons (Fsp3) is 0.333. The monoisotopic (exact) mass is 530 g/mol. The lowest BCUT2D eigenvalue weighted by molar-refractivity contribution is 0.302. The summed E-state index contributed by atoms with van der Waals surface area (Å²) in [7, 11) is -2.53. The highest BCUT2D eigenvalue weighted by Crippen LogP contribution is 2.43. The third kappa shape index (κ3) is 4.40. The Hall–Kier alpha value is -2.60. The molecule has 2 aromatic carbocycles. The molecule has 0 aliphatic carbocycles. The van der Waals surface area contributed by atoms with E-state index in [0.29, 0.717) is 27.8 Å². The Morgan fingerprint density at radius 2 is 1.94 bits per heavy atom. The van der Waals surface area contributed by atoms with E-state index in [4.69, 9.17) is 32.4 Å². The maximum atomic E-state index is 14.8. The molecule has 2 unspecified atom stereocenters. The normalized spacial score (nSPS) is 15.5. The third-order valence-electron chi connectivity index (χ3n) is 5.74. The van der Waals surface area contributed by atoms with Crippen molar-refractivity contribution < 1.29 is 22.0 Å². The lowest BCUT2D eigenvalue weighted by Crippen LogP contribution is -2.35. The number of benzene rings is 2. The molecule has 182 valence electrons. The van der Waals surface area contributed by atoms with Crippen LogP contribution in [0.25, 0.3) is 0 Å². The number of aromatic amines is 1. The van der Waals surface area contributed by atoms with Crippen molar-refractivity contribution >= 4 is 38.9 Å². The molecule has 4 rings (SSSR count). The van der Waals surface area contributed by atoms with Crippen molar-refractivity contribution in [3.63, 3.8) is 0 Å². The molecule has 13 heteroatoms. The molecular formula is C21H21Cl2FN4O5S. The molecule has 0 fully saturated rings. The van der Waals surface area contributed by atoms with E-state index < -0.39 is 33.6 Å². The van der Waals surface area contributed by atoms with Gasteiger partial charge in [0.1, 0.15) is 23.4 Å². The van der Waals surface area contributed by atoms with Crippen LogP contribution in [0.4, 0.5) is 10.1 Å². The second-order valence-electron chi connectivity index (χ2n) is 7.90. The zero-order valence-corrected chi connectivity index (χ0v) is 20.7. The number of likely N-dealkylation sites (N-methyl/N-ethyl adjacent to an activating group) is 1. The average molecular weight is 531 g/mol. The quantitative estimate of drug-likeness (QED) is 0.497. The van der Waals surface area contributed by atoms with Gasteiger partial charge in [-0.25, -0.2) is 22.7 Å². The second-order valence-corrected chi connectivity index (χ2v) is 10.4. The predicted octanol–water partition coefficient (Wildman–Crippen LogP) is 3.77. The van der Waals surface area contributed by atoms with Gasteiger partial charge in [0, 0.05) is 18.0 Å². The van der Waals surface area contributed by atoms with Crippen molar-refractivity contribution in [3.8, 4) is 5.75 Å². The van der Waals surface area contributed by atoms with Crippen LogP contribution in [0.1, 0.15) is 35.9 Å². The fourth-order valence-corrected chi connectivity index (χ4v) is 5.87. The van der Waals surface area contributed by atoms with Crippen molar-refractivity contribution in [2.45, 2.75) is 30.7 Å². The molecule has 34 heavy (non-hydrogen) atoms. The molecule has 2 N–H and O–H groups in total. The van der Waals surface area contributed by atoms with Crippen LogP contribution in [0.3, 0.4) is 0 Å². The number of nitrogens with one attached hydrogen (secondary N) is 2. The van der Waals surface area contributed by atoms with E-state index in [1.165, 1.54) is 24.3 Å². The van der Waals surface area contributed by atoms with E-state index in [0.717, 1.165) is 0 Å². The molecule has 3 aromatic rings. The summed E-state index contributed by atoms with van der Waals surface area (Å²) < 4.78 is 55.2. The molecule has 0 amide bonds. The standard InChI is InChI=1S/C21H21Cl2FN4O5S/c1-10-12(22)4-6-14(24)16(10)11(2)17(20-25-26-21(29)33-20)27-34(30,31)15-7-5-13(23)18-19(15)32-9-8-28(18)3/h4-7,11,17,27H,8-9H2,1-3H3,(H,26,29). The van der Waals surface area contributed by atoms with Gasteiger partial charge in [0.2, 0.25) is 15.9 Å². The van der Waals surface area contributed by atoms with Gasteiger partial charge in [-0.2, -0.15) is 4.72 Å². The Kier molecular flexibility index (Phi) is 6.65. The number of nitrogens with zero attached hydrogens (tertiary/aromatic N) is 2. The first-order valence-electron chi connectivity index (χ1n) is 10.2. The number of aromatic nitrogens is 2. The highest BCUT2D eigenvalue weighted by Gasteiger charge is 2.36. The van der Waals surface area contributed by atoms with E-state index in [-0.39, 0.29) is 28.7 Å². The van der Waals surface area contributed by atoms with E-state index in [9.17, 15) is 17.6 Å². The second kappa shape index (κ2) is 9.21. The van der Waals surface area contributed by atoms with E-state index in [1.54, 1.807) is 25.8 Å². The average Bonchev–Trinajstić information content (AvgIpc) is 3.21. The molecule has 0 bridgehead atoms. The topological polar surface area (TPSA) is 118 Å². The molecule has 2 heterocycles. The van der Waals surface area contributed by atoms with Gasteiger partial charge < -0.3 is 14.1 Å². The Morgan fingerprint density at radius 3 is 2.62 bits per heavy atom. The summed E-state index contributed by atoms with van der Waals surface area (Å²) in [5.41, 5.74) is 1.01. The summed E-state index contributed by atoms with van der Waals surface area (Å²) in [5, 5.41) is 6.53. The molecule has 0 saturated carbocycles. The molecule has 0 spiro atoms. The molecular weight excluding hydrogens is 510 g/mol. The van der Waals surface area contributed by atoms with Crippen molar-refractivity contribution in [2.75, 3.05) is 25.1 Å². The SMILES string of the molecule is Cc1c(Cl)ccc(F)c1C(C)C(NS(=O)(=O)c1ccc(Cl)c2c1OCCN2C)c1n[nH]c(=O)o1. The number of ether oxygens (including phenoxy) is 1. The van der Waals surface area contributed by atoms with E-state index in [2.05, 4.69) is 14.9 Å². The number of anilines is 1. The van der Waals surface area contributed by atoms with Gasteiger partial charge in [0.15, 0.2) is 5.75 Å². The minimum atomic E-state index is -4.30. The first-order chi connectivity index (χ1) is 16.0. The van der Waals surface area contributed by atoms with Crippen LogP contribution in [-0.4, -0.2) is 38.8 Å². The van der Waals surface area contributed by atoms with Crippen LogP contribution >= 0.6 is 23.2 Å². The summed E-state index contributed by atoms with van der Waals surface area (Å²) in [6, 6.07) is 4.10. The zero-order chi connectivity index (χ0) is 24.8. The Bertz CT molecular complexity index is 1410. The van der Waals surface area contributed by atoms with Crippen LogP contribution in [-0.2, 0) is 10.0 Å². The van der Waals surface area contributed by atoms with Crippen LogP contribution < -0.4 is 20.1 Å². The van der Waals surface area contributed by atoms with Gasteiger partial charge in [0.25, 0.3) is 0 Å². The van der Waals surface area contributed by atoms with Crippen molar-refractivity contribution in [3.05, 3.63) is 67.7 Å². The largest absolute Gasteiger partial charge is 0.488 e. The zero-order valence-electron chi connectivity index (χ0n) is 18.4. The summed E-state index contributed by atoms with van der Waals surface area (Å²) in [4.78, 5) is 13.3.